The van der Waals surface area contributed by atoms with E-state index in [1.165, 1.54) is 16.7 Å². The first-order chi connectivity index (χ1) is 19.9. The molecule has 4 aromatic rings. The third-order valence-electron chi connectivity index (χ3n) is 7.56. The van der Waals surface area contributed by atoms with Crippen LogP contribution in [0.5, 0.6) is 0 Å². The van der Waals surface area contributed by atoms with Crippen molar-refractivity contribution in [2.24, 2.45) is 17.8 Å². The highest BCUT2D eigenvalue weighted by Gasteiger charge is 2.43. The fraction of sp³-hybridized carbons (Fsp3) is 0.368. The maximum Gasteiger partial charge on any atom is 0.298 e. The van der Waals surface area contributed by atoms with Gasteiger partial charge in [-0.2, -0.15) is 8.42 Å². The van der Waals surface area contributed by atoms with Gasteiger partial charge < -0.3 is 0 Å². The van der Waals surface area contributed by atoms with Gasteiger partial charge in [0.25, 0.3) is 10.1 Å². The smallest absolute Gasteiger partial charge is 0.245 e. The minimum atomic E-state index is -4.17. The van der Waals surface area contributed by atoms with Crippen LogP contribution in [0.15, 0.2) is 102 Å². The standard InChI is InChI=1S/C38H46O3S/c1-27(2)24-31-10-16-34(17-11-31)38(35-18-12-32(13-19-35)25-28(3)4,36-20-14-33(15-21-36)26-29(5)6)41-42(39,40)37-22-8-30(7)9-23-37/h8-23,27-29H,24-26H2,1-7H3. The molecule has 0 saturated carbocycles. The Morgan fingerprint density at radius 3 is 1.12 bits per heavy atom. The van der Waals surface area contributed by atoms with E-state index >= 15 is 0 Å². The molecule has 42 heavy (non-hydrogen) atoms. The molecule has 222 valence electrons. The van der Waals surface area contributed by atoms with E-state index in [0.29, 0.717) is 17.8 Å². The topological polar surface area (TPSA) is 43.4 Å². The zero-order valence-electron chi connectivity index (χ0n) is 26.2. The Kier molecular flexibility index (Phi) is 10.1. The summed E-state index contributed by atoms with van der Waals surface area (Å²) in [6.07, 6.45) is 2.84. The van der Waals surface area contributed by atoms with Gasteiger partial charge in [0.1, 0.15) is 0 Å². The molecule has 0 radical (unpaired) electrons. The van der Waals surface area contributed by atoms with E-state index in [1.54, 1.807) is 24.3 Å². The quantitative estimate of drug-likeness (QED) is 0.123. The second-order valence-corrected chi connectivity index (χ2v) is 14.5. The van der Waals surface area contributed by atoms with Gasteiger partial charge in [-0.3, -0.25) is 0 Å². The Morgan fingerprint density at radius 2 is 0.833 bits per heavy atom. The van der Waals surface area contributed by atoms with Crippen LogP contribution in [0, 0.1) is 24.7 Å². The van der Waals surface area contributed by atoms with Crippen molar-refractivity contribution in [1.29, 1.82) is 0 Å². The fourth-order valence-corrected chi connectivity index (χ4v) is 6.79. The highest BCUT2D eigenvalue weighted by molar-refractivity contribution is 7.86. The third-order valence-corrected chi connectivity index (χ3v) is 8.88. The normalized spacial score (nSPS) is 12.4. The Labute approximate surface area is 254 Å². The van der Waals surface area contributed by atoms with Crippen LogP contribution >= 0.6 is 0 Å². The lowest BCUT2D eigenvalue weighted by atomic mass is 9.79. The molecule has 0 bridgehead atoms. The molecule has 0 unspecified atom stereocenters. The van der Waals surface area contributed by atoms with Gasteiger partial charge in [-0.05, 0) is 89.5 Å². The predicted molar refractivity (Wildman–Crippen MR) is 174 cm³/mol. The zero-order valence-corrected chi connectivity index (χ0v) is 27.0. The molecule has 0 spiro atoms. The number of hydrogen-bond donors (Lipinski definition) is 0. The maximum atomic E-state index is 14.1. The van der Waals surface area contributed by atoms with Gasteiger partial charge in [0.2, 0.25) is 0 Å². The summed E-state index contributed by atoms with van der Waals surface area (Å²) in [5.74, 6) is 1.54. The minimum Gasteiger partial charge on any atom is -0.245 e. The molecule has 0 aliphatic heterocycles. The van der Waals surface area contributed by atoms with Gasteiger partial charge in [0.05, 0.1) is 4.90 Å². The van der Waals surface area contributed by atoms with Gasteiger partial charge in [-0.15, -0.1) is 0 Å². The molecule has 0 saturated heterocycles. The van der Waals surface area contributed by atoms with Gasteiger partial charge >= 0.3 is 0 Å². The molecule has 0 heterocycles. The van der Waals surface area contributed by atoms with Crippen molar-refractivity contribution < 1.29 is 12.6 Å². The highest BCUT2D eigenvalue weighted by atomic mass is 32.2. The van der Waals surface area contributed by atoms with Gasteiger partial charge in [-0.1, -0.05) is 132 Å². The van der Waals surface area contributed by atoms with Gasteiger partial charge in [-0.25, -0.2) is 4.18 Å². The molecular formula is C38H46O3S. The first kappa shape index (κ1) is 31.7. The Balaban J connectivity index is 1.97. The van der Waals surface area contributed by atoms with Crippen molar-refractivity contribution in [3.05, 3.63) is 136 Å². The largest absolute Gasteiger partial charge is 0.298 e. The van der Waals surface area contributed by atoms with Crippen molar-refractivity contribution in [3.63, 3.8) is 0 Å². The molecule has 0 atom stereocenters. The average molecular weight is 583 g/mol. The van der Waals surface area contributed by atoms with Crippen LogP contribution in [-0.2, 0) is 39.2 Å². The third kappa shape index (κ3) is 7.59. The lowest BCUT2D eigenvalue weighted by molar-refractivity contribution is 0.164. The summed E-state index contributed by atoms with van der Waals surface area (Å²) in [5, 5.41) is 0. The van der Waals surface area contributed by atoms with Crippen molar-refractivity contribution in [3.8, 4) is 0 Å². The second-order valence-electron chi connectivity index (χ2n) is 12.9. The van der Waals surface area contributed by atoms with E-state index in [-0.39, 0.29) is 4.90 Å². The van der Waals surface area contributed by atoms with Crippen LogP contribution in [0.3, 0.4) is 0 Å². The molecule has 0 aromatic heterocycles. The summed E-state index contributed by atoms with van der Waals surface area (Å²) in [5.41, 5.74) is 5.57. The first-order valence-corrected chi connectivity index (χ1v) is 16.6. The van der Waals surface area contributed by atoms with Gasteiger partial charge in [0.15, 0.2) is 5.60 Å². The van der Waals surface area contributed by atoms with Crippen molar-refractivity contribution in [2.45, 2.75) is 78.2 Å². The monoisotopic (exact) mass is 582 g/mol. The van der Waals surface area contributed by atoms with E-state index in [1.807, 2.05) is 43.3 Å². The number of rotatable bonds is 12. The van der Waals surface area contributed by atoms with E-state index in [0.717, 1.165) is 41.5 Å². The molecule has 0 amide bonds. The molecule has 0 aliphatic rings. The van der Waals surface area contributed by atoms with E-state index in [4.69, 9.17) is 4.18 Å². The summed E-state index contributed by atoms with van der Waals surface area (Å²) in [6.45, 7) is 15.1. The van der Waals surface area contributed by atoms with Crippen LogP contribution in [0.4, 0.5) is 0 Å². The summed E-state index contributed by atoms with van der Waals surface area (Å²) in [7, 11) is -4.17. The van der Waals surface area contributed by atoms with Gasteiger partial charge in [0, 0.05) is 0 Å². The lowest BCUT2D eigenvalue weighted by Crippen LogP contribution is -2.35. The summed E-state index contributed by atoms with van der Waals surface area (Å²) in [6, 6.07) is 31.7. The van der Waals surface area contributed by atoms with E-state index < -0.39 is 15.7 Å². The summed E-state index contributed by atoms with van der Waals surface area (Å²) >= 11 is 0. The van der Waals surface area contributed by atoms with Crippen LogP contribution in [0.2, 0.25) is 0 Å². The molecule has 0 fully saturated rings. The Morgan fingerprint density at radius 1 is 0.524 bits per heavy atom. The highest BCUT2D eigenvalue weighted by Crippen LogP contribution is 2.43. The number of benzene rings is 4. The Hall–Kier alpha value is -3.21. The van der Waals surface area contributed by atoms with Crippen LogP contribution in [0.1, 0.15) is 80.5 Å². The van der Waals surface area contributed by atoms with E-state index in [9.17, 15) is 8.42 Å². The average Bonchev–Trinajstić information content (AvgIpc) is 2.92. The molecular weight excluding hydrogens is 536 g/mol. The number of hydrogen-bond acceptors (Lipinski definition) is 3. The fourth-order valence-electron chi connectivity index (χ4n) is 5.60. The molecule has 4 heteroatoms. The van der Waals surface area contributed by atoms with E-state index in [2.05, 4.69) is 77.9 Å². The van der Waals surface area contributed by atoms with Crippen molar-refractivity contribution in [1.82, 2.24) is 0 Å². The molecule has 4 rings (SSSR count). The maximum absolute atomic E-state index is 14.1. The molecule has 0 aliphatic carbocycles. The summed E-state index contributed by atoms with van der Waals surface area (Å²) < 4.78 is 34.7. The first-order valence-electron chi connectivity index (χ1n) is 15.2. The molecule has 4 aromatic carbocycles. The van der Waals surface area contributed by atoms with Crippen molar-refractivity contribution >= 4 is 10.1 Å². The SMILES string of the molecule is Cc1ccc(S(=O)(=O)OC(c2ccc(CC(C)C)cc2)(c2ccc(CC(C)C)cc2)c2ccc(CC(C)C)cc2)cc1. The number of aryl methyl sites for hydroxylation is 1. The molecule has 0 N–H and O–H groups in total. The lowest BCUT2D eigenvalue weighted by Gasteiger charge is -2.35. The second kappa shape index (κ2) is 13.4. The molecule has 3 nitrogen and oxygen atoms in total. The van der Waals surface area contributed by atoms with Crippen LogP contribution in [0.25, 0.3) is 0 Å². The van der Waals surface area contributed by atoms with Crippen LogP contribution < -0.4 is 0 Å². The van der Waals surface area contributed by atoms with Crippen molar-refractivity contribution in [2.75, 3.05) is 0 Å². The predicted octanol–water partition coefficient (Wildman–Crippen LogP) is 9.29. The summed E-state index contributed by atoms with van der Waals surface area (Å²) in [4.78, 5) is 0.141. The minimum absolute atomic E-state index is 0.141. The van der Waals surface area contributed by atoms with Crippen LogP contribution in [-0.4, -0.2) is 8.42 Å². The Bertz CT molecular complexity index is 1400. The zero-order chi connectivity index (χ0) is 30.5.